The first-order chi connectivity index (χ1) is 12.8. The van der Waals surface area contributed by atoms with Crippen LogP contribution < -0.4 is 5.11 Å². The van der Waals surface area contributed by atoms with Gasteiger partial charge in [0.2, 0.25) is 0 Å². The van der Waals surface area contributed by atoms with E-state index in [4.69, 9.17) is 0 Å². The van der Waals surface area contributed by atoms with E-state index in [9.17, 15) is 23.1 Å². The third-order valence-electron chi connectivity index (χ3n) is 4.34. The molecule has 0 spiro atoms. The summed E-state index contributed by atoms with van der Waals surface area (Å²) < 4.78 is 42.1. The maximum absolute atomic E-state index is 13.6. The summed E-state index contributed by atoms with van der Waals surface area (Å²) in [6.45, 7) is 1.92. The fourth-order valence-electron chi connectivity index (χ4n) is 3.05. The smallest absolute Gasteiger partial charge is 0.418 e. The third-order valence-corrected chi connectivity index (χ3v) is 4.34. The summed E-state index contributed by atoms with van der Waals surface area (Å²) >= 11 is 0. The van der Waals surface area contributed by atoms with Crippen molar-refractivity contribution in [3.8, 4) is 16.9 Å². The predicted octanol–water partition coefficient (Wildman–Crippen LogP) is 4.15. The fourth-order valence-corrected chi connectivity index (χ4v) is 3.05. The van der Waals surface area contributed by atoms with Crippen molar-refractivity contribution in [2.45, 2.75) is 25.9 Å². The van der Waals surface area contributed by atoms with Crippen LogP contribution in [0.25, 0.3) is 16.9 Å². The fraction of sp³-hybridized carbons (Fsp3) is 0.190. The standard InChI is InChI=1S/C21H18F3NO2/c1-14-6-8-15(9-7-14)18-12-10-16(11-13-20(26)27)25(18)19-5-3-2-4-17(19)21(22,23)24/h2-10,12H,11,13H2,1H3,(H,26,27)/p-1. The number of halogens is 3. The van der Waals surface area contributed by atoms with E-state index in [0.717, 1.165) is 17.2 Å². The quantitative estimate of drug-likeness (QED) is 0.675. The molecule has 3 rings (SSSR count). The summed E-state index contributed by atoms with van der Waals surface area (Å²) in [5.74, 6) is -1.25. The molecule has 2 aromatic carbocycles. The second kappa shape index (κ2) is 7.31. The largest absolute Gasteiger partial charge is 0.550 e. The maximum atomic E-state index is 13.6. The van der Waals surface area contributed by atoms with Gasteiger partial charge in [-0.05, 0) is 49.6 Å². The van der Waals surface area contributed by atoms with Gasteiger partial charge in [0.15, 0.2) is 0 Å². The minimum Gasteiger partial charge on any atom is -0.550 e. The average Bonchev–Trinajstić information content (AvgIpc) is 3.03. The lowest BCUT2D eigenvalue weighted by molar-refractivity contribution is -0.305. The lowest BCUT2D eigenvalue weighted by atomic mass is 10.1. The number of hydrogen-bond acceptors (Lipinski definition) is 2. The molecule has 0 atom stereocenters. The molecule has 0 aliphatic carbocycles. The SMILES string of the molecule is Cc1ccc(-c2ccc(CCC(=O)[O-])n2-c2ccccc2C(F)(F)F)cc1. The lowest BCUT2D eigenvalue weighted by Gasteiger charge is -2.19. The Morgan fingerprint density at radius 1 is 1.00 bits per heavy atom. The highest BCUT2D eigenvalue weighted by atomic mass is 19.4. The van der Waals surface area contributed by atoms with Gasteiger partial charge in [-0.2, -0.15) is 13.2 Å². The van der Waals surface area contributed by atoms with E-state index in [1.54, 1.807) is 12.1 Å². The Kier molecular flexibility index (Phi) is 5.08. The molecule has 6 heteroatoms. The van der Waals surface area contributed by atoms with Crippen molar-refractivity contribution in [3.05, 3.63) is 77.5 Å². The van der Waals surface area contributed by atoms with Crippen molar-refractivity contribution >= 4 is 5.97 Å². The highest BCUT2D eigenvalue weighted by molar-refractivity contribution is 5.67. The molecule has 27 heavy (non-hydrogen) atoms. The lowest BCUT2D eigenvalue weighted by Crippen LogP contribution is -2.23. The molecule has 140 valence electrons. The van der Waals surface area contributed by atoms with Crippen LogP contribution in [0.5, 0.6) is 0 Å². The predicted molar refractivity (Wildman–Crippen MR) is 94.3 cm³/mol. The first-order valence-corrected chi connectivity index (χ1v) is 8.41. The van der Waals surface area contributed by atoms with Crippen molar-refractivity contribution in [2.24, 2.45) is 0 Å². The van der Waals surface area contributed by atoms with Gasteiger partial charge < -0.3 is 14.5 Å². The number of carbonyl (C=O) groups excluding carboxylic acids is 1. The molecule has 0 aliphatic heterocycles. The van der Waals surface area contributed by atoms with Crippen LogP contribution in [0.1, 0.15) is 23.2 Å². The molecule has 3 aromatic rings. The Bertz CT molecular complexity index is 956. The zero-order valence-electron chi connectivity index (χ0n) is 14.6. The Labute approximate surface area is 154 Å². The van der Waals surface area contributed by atoms with Gasteiger partial charge in [-0.1, -0.05) is 42.0 Å². The Balaban J connectivity index is 2.21. The van der Waals surface area contributed by atoms with E-state index < -0.39 is 17.7 Å². The average molecular weight is 372 g/mol. The second-order valence-electron chi connectivity index (χ2n) is 6.30. The number of nitrogens with zero attached hydrogens (tertiary/aromatic N) is 1. The van der Waals surface area contributed by atoms with Crippen LogP contribution in [0.2, 0.25) is 0 Å². The van der Waals surface area contributed by atoms with Crippen molar-refractivity contribution in [1.82, 2.24) is 4.57 Å². The number of aliphatic carboxylic acids is 1. The molecule has 0 aliphatic rings. The number of rotatable bonds is 5. The minimum atomic E-state index is -4.53. The molecule has 0 radical (unpaired) electrons. The van der Waals surface area contributed by atoms with Crippen LogP contribution >= 0.6 is 0 Å². The van der Waals surface area contributed by atoms with Crippen LogP contribution in [0.15, 0.2) is 60.7 Å². The number of hydrogen-bond donors (Lipinski definition) is 0. The number of para-hydroxylation sites is 1. The first-order valence-electron chi connectivity index (χ1n) is 8.41. The van der Waals surface area contributed by atoms with Gasteiger partial charge in [0, 0.05) is 11.7 Å². The summed E-state index contributed by atoms with van der Waals surface area (Å²) in [6, 6.07) is 16.1. The molecule has 0 N–H and O–H groups in total. The molecule has 0 amide bonds. The summed E-state index contributed by atoms with van der Waals surface area (Å²) in [4.78, 5) is 10.9. The number of carboxylic acids is 1. The molecule has 0 saturated carbocycles. The highest BCUT2D eigenvalue weighted by Crippen LogP contribution is 2.37. The van der Waals surface area contributed by atoms with E-state index in [2.05, 4.69) is 0 Å². The topological polar surface area (TPSA) is 45.1 Å². The number of benzene rings is 2. The van der Waals surface area contributed by atoms with Gasteiger partial charge in [0.1, 0.15) is 0 Å². The Hall–Kier alpha value is -3.02. The number of carboxylic acid groups (broad SMARTS) is 1. The molecular formula is C21H17F3NO2-. The number of aromatic nitrogens is 1. The van der Waals surface area contributed by atoms with E-state index in [1.165, 1.54) is 22.8 Å². The van der Waals surface area contributed by atoms with Crippen molar-refractivity contribution in [1.29, 1.82) is 0 Å². The zero-order chi connectivity index (χ0) is 19.6. The van der Waals surface area contributed by atoms with E-state index in [-0.39, 0.29) is 18.5 Å². The van der Waals surface area contributed by atoms with E-state index in [0.29, 0.717) is 11.4 Å². The summed E-state index contributed by atoms with van der Waals surface area (Å²) in [7, 11) is 0. The van der Waals surface area contributed by atoms with Gasteiger partial charge in [-0.25, -0.2) is 0 Å². The van der Waals surface area contributed by atoms with Crippen LogP contribution in [-0.2, 0) is 17.4 Å². The zero-order valence-corrected chi connectivity index (χ0v) is 14.6. The van der Waals surface area contributed by atoms with Crippen molar-refractivity contribution in [3.63, 3.8) is 0 Å². The molecule has 0 bridgehead atoms. The number of carbonyl (C=O) groups is 1. The molecular weight excluding hydrogens is 355 g/mol. The van der Waals surface area contributed by atoms with E-state index in [1.807, 2.05) is 31.2 Å². The van der Waals surface area contributed by atoms with Gasteiger partial charge >= 0.3 is 6.18 Å². The van der Waals surface area contributed by atoms with E-state index >= 15 is 0 Å². The summed E-state index contributed by atoms with van der Waals surface area (Å²) in [5, 5.41) is 10.9. The van der Waals surface area contributed by atoms with Crippen molar-refractivity contribution in [2.75, 3.05) is 0 Å². The van der Waals surface area contributed by atoms with Crippen molar-refractivity contribution < 1.29 is 23.1 Å². The van der Waals surface area contributed by atoms with Gasteiger partial charge in [-0.3, -0.25) is 0 Å². The van der Waals surface area contributed by atoms with Crippen LogP contribution in [0.4, 0.5) is 13.2 Å². The van der Waals surface area contributed by atoms with Gasteiger partial charge in [-0.15, -0.1) is 0 Å². The summed E-state index contributed by atoms with van der Waals surface area (Å²) in [5.41, 5.74) is 2.02. The molecule has 1 heterocycles. The molecule has 0 fully saturated rings. The molecule has 0 saturated heterocycles. The normalized spacial score (nSPS) is 11.6. The highest BCUT2D eigenvalue weighted by Gasteiger charge is 2.34. The number of aryl methyl sites for hydroxylation is 2. The monoisotopic (exact) mass is 372 g/mol. The van der Waals surface area contributed by atoms with Crippen LogP contribution in [0, 0.1) is 6.92 Å². The summed E-state index contributed by atoms with van der Waals surface area (Å²) in [6.07, 6.45) is -4.73. The first kappa shape index (κ1) is 18.8. The molecule has 0 unspecified atom stereocenters. The second-order valence-corrected chi connectivity index (χ2v) is 6.30. The van der Waals surface area contributed by atoms with Crippen LogP contribution in [-0.4, -0.2) is 10.5 Å². The molecule has 3 nitrogen and oxygen atoms in total. The van der Waals surface area contributed by atoms with Gasteiger partial charge in [0.05, 0.1) is 16.9 Å². The third kappa shape index (κ3) is 4.05. The van der Waals surface area contributed by atoms with Crippen LogP contribution in [0.3, 0.4) is 0 Å². The Morgan fingerprint density at radius 3 is 2.30 bits per heavy atom. The molecule has 1 aromatic heterocycles. The van der Waals surface area contributed by atoms with Gasteiger partial charge in [0.25, 0.3) is 0 Å². The Morgan fingerprint density at radius 2 is 1.67 bits per heavy atom. The number of alkyl halides is 3. The minimum absolute atomic E-state index is 0.0288. The maximum Gasteiger partial charge on any atom is 0.418 e.